The van der Waals surface area contributed by atoms with Crippen LogP contribution in [-0.2, 0) is 4.79 Å². The summed E-state index contributed by atoms with van der Waals surface area (Å²) >= 11 is 0. The van der Waals surface area contributed by atoms with Gasteiger partial charge in [-0.2, -0.15) is 0 Å². The van der Waals surface area contributed by atoms with E-state index in [1.165, 1.54) is 0 Å². The molecule has 5 nitrogen and oxygen atoms in total. The topological polar surface area (TPSA) is 70.2 Å². The Morgan fingerprint density at radius 2 is 1.72 bits per heavy atom. The van der Waals surface area contributed by atoms with Crippen LogP contribution in [0.4, 0.5) is 5.69 Å². The number of anilines is 1. The second kappa shape index (κ2) is 7.34. The van der Waals surface area contributed by atoms with Gasteiger partial charge in [-0.3, -0.25) is 9.59 Å². The minimum absolute atomic E-state index is 0. The van der Waals surface area contributed by atoms with Crippen LogP contribution in [0.25, 0.3) is 0 Å². The van der Waals surface area contributed by atoms with Crippen LogP contribution < -0.4 is 16.0 Å². The van der Waals surface area contributed by atoms with E-state index in [-0.39, 0.29) is 41.1 Å². The van der Waals surface area contributed by atoms with E-state index in [1.807, 2.05) is 20.8 Å². The summed E-state index contributed by atoms with van der Waals surface area (Å²) in [7, 11) is 0. The maximum absolute atomic E-state index is 12.4. The number of rotatable bonds is 3. The summed E-state index contributed by atoms with van der Waals surface area (Å²) in [5, 5.41) is 9.28. The van der Waals surface area contributed by atoms with Gasteiger partial charge in [-0.1, -0.05) is 0 Å². The Hall–Kier alpha value is -1.59. The first kappa shape index (κ1) is 19.7. The summed E-state index contributed by atoms with van der Waals surface area (Å²) in [5.41, 5.74) is 1.33. The molecule has 1 saturated carbocycles. The number of nitrogens with one attached hydrogen (secondary N) is 3. The second-order valence-electron chi connectivity index (χ2n) is 8.14. The van der Waals surface area contributed by atoms with Crippen LogP contribution in [0.1, 0.15) is 50.4 Å². The quantitative estimate of drug-likeness (QED) is 0.771. The molecule has 0 radical (unpaired) electrons. The molecule has 1 spiro atoms. The van der Waals surface area contributed by atoms with Crippen molar-refractivity contribution in [2.45, 2.75) is 45.6 Å². The highest BCUT2D eigenvalue weighted by Gasteiger charge is 2.57. The highest BCUT2D eigenvalue weighted by molar-refractivity contribution is 5.97. The number of hydrogen-bond donors (Lipinski definition) is 3. The van der Waals surface area contributed by atoms with Gasteiger partial charge in [0.1, 0.15) is 0 Å². The minimum atomic E-state index is -0.265. The molecule has 138 valence electrons. The fourth-order valence-electron chi connectivity index (χ4n) is 3.54. The summed E-state index contributed by atoms with van der Waals surface area (Å²) in [6, 6.07) is 7.10. The molecule has 2 fully saturated rings. The van der Waals surface area contributed by atoms with E-state index in [1.54, 1.807) is 24.3 Å². The van der Waals surface area contributed by atoms with E-state index < -0.39 is 0 Å². The van der Waals surface area contributed by atoms with Crippen LogP contribution in [0, 0.1) is 11.3 Å². The van der Waals surface area contributed by atoms with Gasteiger partial charge >= 0.3 is 0 Å². The van der Waals surface area contributed by atoms with Crippen LogP contribution in [0.2, 0.25) is 0 Å². The highest BCUT2D eigenvalue weighted by Crippen LogP contribution is 2.58. The van der Waals surface area contributed by atoms with Gasteiger partial charge in [0.05, 0.1) is 0 Å². The monoisotopic (exact) mass is 365 g/mol. The highest BCUT2D eigenvalue weighted by atomic mass is 35.5. The largest absolute Gasteiger partial charge is 0.347 e. The molecule has 3 N–H and O–H groups in total. The van der Waals surface area contributed by atoms with E-state index >= 15 is 0 Å². The lowest BCUT2D eigenvalue weighted by atomic mass is 9.92. The molecular formula is C19H28ClN3O2. The second-order valence-corrected chi connectivity index (χ2v) is 8.14. The Bertz CT molecular complexity index is 631. The number of carbonyl (C=O) groups is 2. The Labute approximate surface area is 155 Å². The van der Waals surface area contributed by atoms with Crippen molar-refractivity contribution in [3.63, 3.8) is 0 Å². The van der Waals surface area contributed by atoms with Crippen LogP contribution >= 0.6 is 12.4 Å². The molecule has 1 aliphatic carbocycles. The van der Waals surface area contributed by atoms with Crippen LogP contribution in [-0.4, -0.2) is 30.4 Å². The van der Waals surface area contributed by atoms with Gasteiger partial charge in [-0.05, 0) is 82.8 Å². The molecule has 1 aromatic rings. The third-order valence-corrected chi connectivity index (χ3v) is 5.01. The van der Waals surface area contributed by atoms with E-state index in [4.69, 9.17) is 0 Å². The first-order valence-electron chi connectivity index (χ1n) is 8.73. The summed E-state index contributed by atoms with van der Waals surface area (Å²) in [6.07, 6.45) is 3.20. The van der Waals surface area contributed by atoms with Crippen molar-refractivity contribution in [2.75, 3.05) is 18.4 Å². The normalized spacial score (nSPS) is 21.2. The Kier molecular flexibility index (Phi) is 5.79. The van der Waals surface area contributed by atoms with E-state index in [0.717, 1.165) is 38.0 Å². The maximum Gasteiger partial charge on any atom is 0.251 e. The molecule has 25 heavy (non-hydrogen) atoms. The summed E-state index contributed by atoms with van der Waals surface area (Å²) in [4.78, 5) is 24.6. The zero-order valence-corrected chi connectivity index (χ0v) is 16.0. The van der Waals surface area contributed by atoms with Crippen molar-refractivity contribution in [2.24, 2.45) is 11.3 Å². The number of benzene rings is 1. The molecule has 0 bridgehead atoms. The predicted molar refractivity (Wildman–Crippen MR) is 102 cm³/mol. The van der Waals surface area contributed by atoms with Crippen LogP contribution in [0.15, 0.2) is 24.3 Å². The van der Waals surface area contributed by atoms with Gasteiger partial charge in [0, 0.05) is 22.7 Å². The van der Waals surface area contributed by atoms with Gasteiger partial charge < -0.3 is 16.0 Å². The summed E-state index contributed by atoms with van der Waals surface area (Å²) in [6.45, 7) is 7.88. The molecule has 1 unspecified atom stereocenters. The first-order valence-corrected chi connectivity index (χ1v) is 8.73. The summed E-state index contributed by atoms with van der Waals surface area (Å²) in [5.74, 6) is 0.156. The number of halogens is 1. The predicted octanol–water partition coefficient (Wildman–Crippen LogP) is 2.96. The molecule has 1 aliphatic heterocycles. The average molecular weight is 366 g/mol. The van der Waals surface area contributed by atoms with E-state index in [2.05, 4.69) is 16.0 Å². The number of piperidine rings is 1. The van der Waals surface area contributed by atoms with Gasteiger partial charge in [0.15, 0.2) is 0 Å². The fourth-order valence-corrected chi connectivity index (χ4v) is 3.54. The van der Waals surface area contributed by atoms with Gasteiger partial charge in [0.2, 0.25) is 5.91 Å². The molecule has 3 rings (SSSR count). The third kappa shape index (κ3) is 4.73. The van der Waals surface area contributed by atoms with Crippen LogP contribution in [0.5, 0.6) is 0 Å². The molecular weight excluding hydrogens is 338 g/mol. The lowest BCUT2D eigenvalue weighted by Gasteiger charge is -2.23. The zero-order chi connectivity index (χ0) is 17.4. The Morgan fingerprint density at radius 3 is 2.28 bits per heavy atom. The van der Waals surface area contributed by atoms with Crippen molar-refractivity contribution in [3.8, 4) is 0 Å². The third-order valence-electron chi connectivity index (χ3n) is 5.01. The molecule has 1 aromatic carbocycles. The standard InChI is InChI=1S/C19H27N3O2.ClH/c1-18(2,3)22-16(23)13-4-6-14(7-5-13)21-17(24)15-12-19(15)8-10-20-11-9-19;/h4-7,15,20H,8-12H2,1-3H3,(H,21,24)(H,22,23);1H. The summed E-state index contributed by atoms with van der Waals surface area (Å²) < 4.78 is 0. The molecule has 1 atom stereocenters. The Morgan fingerprint density at radius 1 is 1.12 bits per heavy atom. The number of hydrogen-bond acceptors (Lipinski definition) is 3. The molecule has 2 aliphatic rings. The fraction of sp³-hybridized carbons (Fsp3) is 0.579. The first-order chi connectivity index (χ1) is 11.3. The minimum Gasteiger partial charge on any atom is -0.347 e. The van der Waals surface area contributed by atoms with Gasteiger partial charge in [-0.25, -0.2) is 0 Å². The lowest BCUT2D eigenvalue weighted by Crippen LogP contribution is -2.40. The Balaban J connectivity index is 0.00000225. The van der Waals surface area contributed by atoms with Gasteiger partial charge in [0.25, 0.3) is 5.91 Å². The zero-order valence-electron chi connectivity index (χ0n) is 15.1. The molecule has 1 saturated heterocycles. The smallest absolute Gasteiger partial charge is 0.251 e. The van der Waals surface area contributed by atoms with Crippen molar-refractivity contribution in [1.82, 2.24) is 10.6 Å². The van der Waals surface area contributed by atoms with Crippen molar-refractivity contribution in [1.29, 1.82) is 0 Å². The molecule has 0 aromatic heterocycles. The van der Waals surface area contributed by atoms with Gasteiger partial charge in [-0.15, -0.1) is 12.4 Å². The number of amides is 2. The molecule has 2 amide bonds. The van der Waals surface area contributed by atoms with Crippen LogP contribution in [0.3, 0.4) is 0 Å². The van der Waals surface area contributed by atoms with E-state index in [9.17, 15) is 9.59 Å². The molecule has 6 heteroatoms. The van der Waals surface area contributed by atoms with Crippen molar-refractivity contribution < 1.29 is 9.59 Å². The lowest BCUT2D eigenvalue weighted by molar-refractivity contribution is -0.118. The van der Waals surface area contributed by atoms with E-state index in [0.29, 0.717) is 5.56 Å². The van der Waals surface area contributed by atoms with Crippen molar-refractivity contribution >= 4 is 29.9 Å². The SMILES string of the molecule is CC(C)(C)NC(=O)c1ccc(NC(=O)C2CC23CCNCC3)cc1.Cl. The number of carbonyl (C=O) groups excluding carboxylic acids is 2. The average Bonchev–Trinajstić information content (AvgIpc) is 3.20. The van der Waals surface area contributed by atoms with Crippen molar-refractivity contribution in [3.05, 3.63) is 29.8 Å². The molecule has 1 heterocycles. The maximum atomic E-state index is 12.4.